The summed E-state index contributed by atoms with van der Waals surface area (Å²) in [6, 6.07) is 3.50. The largest absolute Gasteiger partial charge is 0.493 e. The van der Waals surface area contributed by atoms with Crippen molar-refractivity contribution in [1.82, 2.24) is 15.5 Å². The molecule has 1 aromatic carbocycles. The molecule has 9 nitrogen and oxygen atoms in total. The Morgan fingerprint density at radius 2 is 1.82 bits per heavy atom. The molecule has 0 saturated heterocycles. The maximum absolute atomic E-state index is 11.8. The molecule has 28 heavy (non-hydrogen) atoms. The molecule has 0 radical (unpaired) electrons. The van der Waals surface area contributed by atoms with E-state index in [0.29, 0.717) is 60.5 Å². The molecule has 0 spiro atoms. The van der Waals surface area contributed by atoms with Gasteiger partial charge in [-0.25, -0.2) is 0 Å². The van der Waals surface area contributed by atoms with Crippen molar-refractivity contribution >= 4 is 5.91 Å². The second-order valence-corrected chi connectivity index (χ2v) is 6.13. The molecule has 154 valence electrons. The highest BCUT2D eigenvalue weighted by atomic mass is 16.5. The molecule has 1 aromatic heterocycles. The predicted molar refractivity (Wildman–Crippen MR) is 104 cm³/mol. The van der Waals surface area contributed by atoms with E-state index in [1.165, 1.54) is 0 Å². The Labute approximate surface area is 164 Å². The first-order valence-electron chi connectivity index (χ1n) is 9.22. The topological polar surface area (TPSA) is 122 Å². The average molecular weight is 392 g/mol. The number of carbonyl (C=O) groups excluding carboxylic acids is 1. The molecule has 0 saturated carbocycles. The maximum atomic E-state index is 11.8. The Morgan fingerprint density at radius 3 is 2.43 bits per heavy atom. The first-order valence-corrected chi connectivity index (χ1v) is 9.22. The highest BCUT2D eigenvalue weighted by Crippen LogP contribution is 2.40. The van der Waals surface area contributed by atoms with E-state index >= 15 is 0 Å². The van der Waals surface area contributed by atoms with Gasteiger partial charge in [0.15, 0.2) is 11.5 Å². The van der Waals surface area contributed by atoms with Crippen molar-refractivity contribution in [3.8, 4) is 28.6 Å². The third kappa shape index (κ3) is 5.85. The molecule has 1 heterocycles. The van der Waals surface area contributed by atoms with E-state index in [2.05, 4.69) is 15.5 Å². The van der Waals surface area contributed by atoms with E-state index in [4.69, 9.17) is 24.5 Å². The lowest BCUT2D eigenvalue weighted by Crippen LogP contribution is -2.25. The predicted octanol–water partition coefficient (Wildman–Crippen LogP) is 1.94. The van der Waals surface area contributed by atoms with Crippen molar-refractivity contribution < 1.29 is 23.5 Å². The van der Waals surface area contributed by atoms with Crippen molar-refractivity contribution in [1.29, 1.82) is 0 Å². The van der Waals surface area contributed by atoms with Crippen LogP contribution in [0.1, 0.15) is 31.6 Å². The van der Waals surface area contributed by atoms with E-state index in [0.717, 1.165) is 19.3 Å². The van der Waals surface area contributed by atoms with Crippen LogP contribution in [0.4, 0.5) is 0 Å². The molecule has 1 amide bonds. The number of benzene rings is 1. The number of nitrogens with zero attached hydrogens (tertiary/aromatic N) is 2. The van der Waals surface area contributed by atoms with Crippen LogP contribution in [0.2, 0.25) is 0 Å². The summed E-state index contributed by atoms with van der Waals surface area (Å²) in [5.74, 6) is 2.36. The maximum Gasteiger partial charge on any atom is 0.228 e. The van der Waals surface area contributed by atoms with Gasteiger partial charge in [-0.1, -0.05) is 11.6 Å². The van der Waals surface area contributed by atoms with Gasteiger partial charge >= 0.3 is 0 Å². The zero-order valence-corrected chi connectivity index (χ0v) is 16.6. The Kier molecular flexibility index (Phi) is 8.54. The summed E-state index contributed by atoms with van der Waals surface area (Å²) in [5.41, 5.74) is 6.11. The first kappa shape index (κ1) is 21.5. The Bertz CT molecular complexity index is 738. The van der Waals surface area contributed by atoms with E-state index < -0.39 is 0 Å². The highest BCUT2D eigenvalue weighted by molar-refractivity contribution is 5.75. The van der Waals surface area contributed by atoms with Gasteiger partial charge < -0.3 is 29.8 Å². The number of rotatable bonds is 12. The van der Waals surface area contributed by atoms with Crippen molar-refractivity contribution in [2.24, 2.45) is 5.73 Å². The zero-order valence-electron chi connectivity index (χ0n) is 16.6. The van der Waals surface area contributed by atoms with Crippen LogP contribution in [0.3, 0.4) is 0 Å². The van der Waals surface area contributed by atoms with E-state index in [9.17, 15) is 4.79 Å². The van der Waals surface area contributed by atoms with Gasteiger partial charge in [0.25, 0.3) is 0 Å². The fourth-order valence-corrected chi connectivity index (χ4v) is 2.69. The van der Waals surface area contributed by atoms with E-state index in [-0.39, 0.29) is 5.91 Å². The lowest BCUT2D eigenvalue weighted by molar-refractivity contribution is -0.121. The SMILES string of the molecule is COc1cc(-c2noc(CCNC(=O)CCCCCN)n2)cc(OC)c1OC. The van der Waals surface area contributed by atoms with Gasteiger partial charge in [-0.05, 0) is 31.5 Å². The molecule has 2 aromatic rings. The summed E-state index contributed by atoms with van der Waals surface area (Å²) in [4.78, 5) is 16.2. The van der Waals surface area contributed by atoms with Crippen molar-refractivity contribution in [2.75, 3.05) is 34.4 Å². The smallest absolute Gasteiger partial charge is 0.228 e. The first-order chi connectivity index (χ1) is 13.6. The summed E-state index contributed by atoms with van der Waals surface area (Å²) >= 11 is 0. The lowest BCUT2D eigenvalue weighted by Gasteiger charge is -2.12. The standard InChI is InChI=1S/C19H28N4O5/c1-25-14-11-13(12-15(26-2)18(14)27-3)19-22-17(28-23-19)8-10-21-16(24)7-5-4-6-9-20/h11-12H,4-10,20H2,1-3H3,(H,21,24). The molecular formula is C19H28N4O5. The van der Waals surface area contributed by atoms with Crippen LogP contribution >= 0.6 is 0 Å². The number of aromatic nitrogens is 2. The van der Waals surface area contributed by atoms with Gasteiger partial charge in [0.05, 0.1) is 21.3 Å². The number of hydrogen-bond acceptors (Lipinski definition) is 8. The molecule has 0 aliphatic heterocycles. The summed E-state index contributed by atoms with van der Waals surface area (Å²) in [6.07, 6.45) is 3.70. The molecule has 2 rings (SSSR count). The minimum atomic E-state index is 0.0152. The Morgan fingerprint density at radius 1 is 1.11 bits per heavy atom. The van der Waals surface area contributed by atoms with Gasteiger partial charge in [-0.3, -0.25) is 4.79 Å². The van der Waals surface area contributed by atoms with Crippen molar-refractivity contribution in [2.45, 2.75) is 32.1 Å². The van der Waals surface area contributed by atoms with Crippen LogP contribution in [-0.4, -0.2) is 50.5 Å². The number of unbranched alkanes of at least 4 members (excludes halogenated alkanes) is 2. The molecule has 0 aliphatic carbocycles. The van der Waals surface area contributed by atoms with Gasteiger partial charge in [0.1, 0.15) is 0 Å². The summed E-state index contributed by atoms with van der Waals surface area (Å²) < 4.78 is 21.3. The Balaban J connectivity index is 1.94. The molecule has 3 N–H and O–H groups in total. The second-order valence-electron chi connectivity index (χ2n) is 6.13. The average Bonchev–Trinajstić information content (AvgIpc) is 3.19. The summed E-state index contributed by atoms with van der Waals surface area (Å²) in [7, 11) is 4.63. The van der Waals surface area contributed by atoms with Gasteiger partial charge in [-0.15, -0.1) is 0 Å². The molecule has 0 fully saturated rings. The molecule has 9 heteroatoms. The zero-order chi connectivity index (χ0) is 20.4. The molecule has 0 bridgehead atoms. The number of amides is 1. The van der Waals surface area contributed by atoms with Gasteiger partial charge in [0, 0.05) is 24.9 Å². The summed E-state index contributed by atoms with van der Waals surface area (Å²) in [5, 5.41) is 6.85. The lowest BCUT2D eigenvalue weighted by atomic mass is 10.1. The number of nitrogens with one attached hydrogen (secondary N) is 1. The number of hydrogen-bond donors (Lipinski definition) is 2. The molecular weight excluding hydrogens is 364 g/mol. The van der Waals surface area contributed by atoms with Crippen LogP contribution in [0, 0.1) is 0 Å². The third-order valence-electron chi connectivity index (χ3n) is 4.16. The number of methoxy groups -OCH3 is 3. The molecule has 0 aliphatic rings. The van der Waals surface area contributed by atoms with Gasteiger partial charge in [0.2, 0.25) is 23.4 Å². The molecule has 0 unspecified atom stereocenters. The highest BCUT2D eigenvalue weighted by Gasteiger charge is 2.17. The number of ether oxygens (including phenoxy) is 3. The fraction of sp³-hybridized carbons (Fsp3) is 0.526. The monoisotopic (exact) mass is 392 g/mol. The van der Waals surface area contributed by atoms with Crippen LogP contribution in [0.15, 0.2) is 16.7 Å². The van der Waals surface area contributed by atoms with Crippen molar-refractivity contribution in [3.05, 3.63) is 18.0 Å². The van der Waals surface area contributed by atoms with Crippen molar-refractivity contribution in [3.63, 3.8) is 0 Å². The van der Waals surface area contributed by atoms with Gasteiger partial charge in [-0.2, -0.15) is 4.98 Å². The van der Waals surface area contributed by atoms with Crippen LogP contribution in [0.25, 0.3) is 11.4 Å². The quantitative estimate of drug-likeness (QED) is 0.526. The van der Waals surface area contributed by atoms with E-state index in [1.54, 1.807) is 33.5 Å². The van der Waals surface area contributed by atoms with Crippen LogP contribution in [-0.2, 0) is 11.2 Å². The minimum absolute atomic E-state index is 0.0152. The second kappa shape index (κ2) is 11.1. The Hall–Kier alpha value is -2.81. The summed E-state index contributed by atoms with van der Waals surface area (Å²) in [6.45, 7) is 1.10. The number of carbonyl (C=O) groups is 1. The molecule has 0 atom stereocenters. The van der Waals surface area contributed by atoms with Crippen LogP contribution in [0.5, 0.6) is 17.2 Å². The minimum Gasteiger partial charge on any atom is -0.493 e. The van der Waals surface area contributed by atoms with E-state index in [1.807, 2.05) is 0 Å². The third-order valence-corrected chi connectivity index (χ3v) is 4.16. The van der Waals surface area contributed by atoms with Crippen LogP contribution < -0.4 is 25.3 Å². The fourth-order valence-electron chi connectivity index (χ4n) is 2.69. The number of nitrogens with two attached hydrogens (primary N) is 1. The normalized spacial score (nSPS) is 10.6.